The van der Waals surface area contributed by atoms with Gasteiger partial charge in [-0.15, -0.1) is 0 Å². The summed E-state index contributed by atoms with van der Waals surface area (Å²) in [4.78, 5) is 0. The number of rotatable bonds is 1. The summed E-state index contributed by atoms with van der Waals surface area (Å²) in [7, 11) is -3.79. The minimum Gasteiger partial charge on any atom is -0.242 e. The molecule has 2 atom stereocenters. The summed E-state index contributed by atoms with van der Waals surface area (Å²) in [6.45, 7) is 1.67. The maximum atomic E-state index is 11.0. The molecule has 0 aliphatic carbocycles. The van der Waals surface area contributed by atoms with E-state index in [1.54, 1.807) is 6.92 Å². The molecule has 0 bridgehead atoms. The molecule has 76 valence electrons. The van der Waals surface area contributed by atoms with Gasteiger partial charge in [-0.1, -0.05) is 30.3 Å². The topological polar surface area (TPSA) is 52.6 Å². The van der Waals surface area contributed by atoms with Crippen LogP contribution in [0.4, 0.5) is 0 Å². The van der Waals surface area contributed by atoms with Gasteiger partial charge in [-0.2, -0.15) is 8.42 Å². The van der Waals surface area contributed by atoms with Gasteiger partial charge in [-0.25, -0.2) is 8.37 Å². The van der Waals surface area contributed by atoms with Gasteiger partial charge in [0.05, 0.1) is 0 Å². The molecule has 5 heteroatoms. The van der Waals surface area contributed by atoms with Crippen molar-refractivity contribution in [2.45, 2.75) is 19.1 Å². The number of hydrogen-bond donors (Lipinski definition) is 0. The molecular weight excluding hydrogens is 204 g/mol. The lowest BCUT2D eigenvalue weighted by atomic mass is 10.1. The average molecular weight is 214 g/mol. The van der Waals surface area contributed by atoms with Crippen molar-refractivity contribution in [1.29, 1.82) is 0 Å². The van der Waals surface area contributed by atoms with Crippen LogP contribution in [0.15, 0.2) is 30.3 Å². The van der Waals surface area contributed by atoms with Crippen molar-refractivity contribution in [2.75, 3.05) is 0 Å². The van der Waals surface area contributed by atoms with E-state index in [1.807, 2.05) is 30.3 Å². The summed E-state index contributed by atoms with van der Waals surface area (Å²) in [5.74, 6) is 0. The maximum Gasteiger partial charge on any atom is 0.400 e. The van der Waals surface area contributed by atoms with Gasteiger partial charge in [0.2, 0.25) is 0 Å². The van der Waals surface area contributed by atoms with Crippen molar-refractivity contribution in [3.8, 4) is 0 Å². The Labute approximate surface area is 82.8 Å². The standard InChI is InChI=1S/C9H10O4S/c1-7-9(13-14(10,11)12-7)8-5-3-2-4-6-8/h2-7,9H,1H3/t7-,9+/m0/s1. The molecule has 0 N–H and O–H groups in total. The highest BCUT2D eigenvalue weighted by Gasteiger charge is 2.37. The minimum atomic E-state index is -3.79. The van der Waals surface area contributed by atoms with Gasteiger partial charge in [0.15, 0.2) is 0 Å². The van der Waals surface area contributed by atoms with Crippen LogP contribution in [-0.2, 0) is 18.8 Å². The minimum absolute atomic E-state index is 0.470. The second-order valence-corrected chi connectivity index (χ2v) is 4.34. The van der Waals surface area contributed by atoms with Gasteiger partial charge in [0.25, 0.3) is 0 Å². The van der Waals surface area contributed by atoms with Gasteiger partial charge >= 0.3 is 10.4 Å². The van der Waals surface area contributed by atoms with Crippen LogP contribution in [0.1, 0.15) is 18.6 Å². The van der Waals surface area contributed by atoms with Crippen LogP contribution in [0.25, 0.3) is 0 Å². The van der Waals surface area contributed by atoms with Crippen LogP contribution >= 0.6 is 0 Å². The fraction of sp³-hybridized carbons (Fsp3) is 0.333. The lowest BCUT2D eigenvalue weighted by Gasteiger charge is -2.09. The first-order valence-corrected chi connectivity index (χ1v) is 5.58. The lowest BCUT2D eigenvalue weighted by Crippen LogP contribution is -2.09. The molecule has 4 nitrogen and oxygen atoms in total. The van der Waals surface area contributed by atoms with E-state index in [-0.39, 0.29) is 0 Å². The summed E-state index contributed by atoms with van der Waals surface area (Å²) < 4.78 is 31.4. The number of hydrogen-bond acceptors (Lipinski definition) is 4. The van der Waals surface area contributed by atoms with E-state index in [4.69, 9.17) is 4.18 Å². The smallest absolute Gasteiger partial charge is 0.242 e. The van der Waals surface area contributed by atoms with Crippen LogP contribution < -0.4 is 0 Å². The zero-order valence-corrected chi connectivity index (χ0v) is 8.40. The Morgan fingerprint density at radius 3 is 2.29 bits per heavy atom. The Bertz CT molecular complexity index is 412. The van der Waals surface area contributed by atoms with Crippen LogP contribution in [0.5, 0.6) is 0 Å². The largest absolute Gasteiger partial charge is 0.400 e. The van der Waals surface area contributed by atoms with Crippen molar-refractivity contribution in [2.24, 2.45) is 0 Å². The summed E-state index contributed by atoms with van der Waals surface area (Å²) >= 11 is 0. The molecule has 1 aliphatic rings. The van der Waals surface area contributed by atoms with E-state index in [0.29, 0.717) is 0 Å². The summed E-state index contributed by atoms with van der Waals surface area (Å²) in [5.41, 5.74) is 0.807. The van der Waals surface area contributed by atoms with E-state index >= 15 is 0 Å². The van der Waals surface area contributed by atoms with Crippen LogP contribution in [0.3, 0.4) is 0 Å². The quantitative estimate of drug-likeness (QED) is 0.709. The van der Waals surface area contributed by atoms with Crippen molar-refractivity contribution in [3.05, 3.63) is 35.9 Å². The maximum absolute atomic E-state index is 11.0. The Balaban J connectivity index is 2.30. The van der Waals surface area contributed by atoms with E-state index in [2.05, 4.69) is 4.18 Å². The first-order chi connectivity index (χ1) is 6.58. The van der Waals surface area contributed by atoms with Crippen molar-refractivity contribution >= 4 is 10.4 Å². The zero-order valence-electron chi connectivity index (χ0n) is 7.58. The van der Waals surface area contributed by atoms with E-state index < -0.39 is 22.6 Å². The Kier molecular flexibility index (Phi) is 2.30. The highest BCUT2D eigenvalue weighted by molar-refractivity contribution is 7.82. The molecule has 1 aromatic carbocycles. The third kappa shape index (κ3) is 1.79. The van der Waals surface area contributed by atoms with E-state index in [9.17, 15) is 8.42 Å². The Morgan fingerprint density at radius 2 is 1.79 bits per heavy atom. The fourth-order valence-electron chi connectivity index (χ4n) is 1.43. The van der Waals surface area contributed by atoms with Crippen LogP contribution in [-0.4, -0.2) is 14.5 Å². The van der Waals surface area contributed by atoms with E-state index in [0.717, 1.165) is 5.56 Å². The third-order valence-electron chi connectivity index (χ3n) is 2.05. The molecule has 1 aromatic rings. The van der Waals surface area contributed by atoms with Crippen LogP contribution in [0, 0.1) is 0 Å². The average Bonchev–Trinajstić information content (AvgIpc) is 2.41. The SMILES string of the molecule is C[C@@H]1OS(=O)(=O)O[C@H]1c1ccccc1. The van der Waals surface area contributed by atoms with Crippen molar-refractivity contribution in [1.82, 2.24) is 0 Å². The van der Waals surface area contributed by atoms with Gasteiger partial charge in [-0.3, -0.25) is 0 Å². The van der Waals surface area contributed by atoms with Gasteiger partial charge in [0, 0.05) is 0 Å². The second-order valence-electron chi connectivity index (χ2n) is 3.14. The second kappa shape index (κ2) is 3.34. The van der Waals surface area contributed by atoms with Gasteiger partial charge < -0.3 is 0 Å². The molecule has 14 heavy (non-hydrogen) atoms. The first kappa shape index (κ1) is 9.64. The predicted molar refractivity (Wildman–Crippen MR) is 49.7 cm³/mol. The normalized spacial score (nSPS) is 30.4. The lowest BCUT2D eigenvalue weighted by molar-refractivity contribution is 0.173. The molecule has 1 heterocycles. The van der Waals surface area contributed by atoms with Crippen molar-refractivity contribution < 1.29 is 16.8 Å². The monoisotopic (exact) mass is 214 g/mol. The molecule has 1 aliphatic heterocycles. The predicted octanol–water partition coefficient (Wildman–Crippen LogP) is 1.41. The molecule has 0 spiro atoms. The molecule has 1 fully saturated rings. The molecule has 0 aromatic heterocycles. The first-order valence-electron chi connectivity index (χ1n) is 4.25. The fourth-order valence-corrected chi connectivity index (χ4v) is 2.47. The highest BCUT2D eigenvalue weighted by atomic mass is 32.3. The Hall–Kier alpha value is -0.910. The molecular formula is C9H10O4S. The molecule has 1 saturated heterocycles. The van der Waals surface area contributed by atoms with Gasteiger partial charge in [0.1, 0.15) is 12.2 Å². The molecule has 2 rings (SSSR count). The van der Waals surface area contributed by atoms with Crippen molar-refractivity contribution in [3.63, 3.8) is 0 Å². The summed E-state index contributed by atoms with van der Waals surface area (Å²) in [6.07, 6.45) is -0.997. The molecule has 0 unspecified atom stereocenters. The molecule has 0 radical (unpaired) electrons. The highest BCUT2D eigenvalue weighted by Crippen LogP contribution is 2.32. The summed E-state index contributed by atoms with van der Waals surface area (Å²) in [5, 5.41) is 0. The molecule has 0 saturated carbocycles. The van der Waals surface area contributed by atoms with Gasteiger partial charge in [-0.05, 0) is 12.5 Å². The third-order valence-corrected chi connectivity index (χ3v) is 3.03. The van der Waals surface area contributed by atoms with E-state index in [1.165, 1.54) is 0 Å². The Morgan fingerprint density at radius 1 is 1.14 bits per heavy atom. The molecule has 0 amide bonds. The summed E-state index contributed by atoms with van der Waals surface area (Å²) in [6, 6.07) is 9.14. The van der Waals surface area contributed by atoms with Crippen LogP contribution in [0.2, 0.25) is 0 Å². The number of benzene rings is 1. The zero-order chi connectivity index (χ0) is 10.2.